The van der Waals surface area contributed by atoms with Crippen molar-refractivity contribution in [2.24, 2.45) is 5.73 Å². The molecule has 7 heteroatoms. The third-order valence-corrected chi connectivity index (χ3v) is 2.87. The number of carbonyl (C=O) groups is 2. The van der Waals surface area contributed by atoms with Crippen molar-refractivity contribution < 1.29 is 19.6 Å². The van der Waals surface area contributed by atoms with E-state index in [1.807, 2.05) is 0 Å². The van der Waals surface area contributed by atoms with Crippen molar-refractivity contribution in [1.82, 2.24) is 0 Å². The van der Waals surface area contributed by atoms with Crippen LogP contribution in [0.4, 0.5) is 5.69 Å². The zero-order valence-corrected chi connectivity index (χ0v) is 10.6. The fourth-order valence-corrected chi connectivity index (χ4v) is 1.86. The molecule has 0 atom stereocenters. The van der Waals surface area contributed by atoms with E-state index in [0.717, 1.165) is 12.1 Å². The summed E-state index contributed by atoms with van der Waals surface area (Å²) >= 11 is 0. The molecular weight excluding hydrogens is 276 g/mol. The Kier molecular flexibility index (Phi) is 3.66. The lowest BCUT2D eigenvalue weighted by Gasteiger charge is -2.06. The molecule has 0 spiro atoms. The van der Waals surface area contributed by atoms with Gasteiger partial charge in [0.25, 0.3) is 0 Å². The van der Waals surface area contributed by atoms with Crippen molar-refractivity contribution >= 4 is 17.4 Å². The van der Waals surface area contributed by atoms with Crippen molar-refractivity contribution in [3.05, 3.63) is 69.3 Å². The van der Waals surface area contributed by atoms with Crippen LogP contribution in [0.5, 0.6) is 5.75 Å². The highest BCUT2D eigenvalue weighted by atomic mass is 16.6. The number of rotatable bonds is 4. The van der Waals surface area contributed by atoms with Crippen molar-refractivity contribution in [1.29, 1.82) is 0 Å². The summed E-state index contributed by atoms with van der Waals surface area (Å²) in [6, 6.07) is 9.15. The number of phenolic OH excluding ortho intramolecular Hbond substituents is 1. The van der Waals surface area contributed by atoms with Gasteiger partial charge in [0.15, 0.2) is 11.5 Å². The predicted octanol–water partition coefficient (Wildman–Crippen LogP) is 1.63. The van der Waals surface area contributed by atoms with Gasteiger partial charge in [-0.2, -0.15) is 0 Å². The van der Waals surface area contributed by atoms with Crippen LogP contribution in [0.25, 0.3) is 0 Å². The fraction of sp³-hybridized carbons (Fsp3) is 0. The smallest absolute Gasteiger partial charge is 0.311 e. The van der Waals surface area contributed by atoms with E-state index in [1.54, 1.807) is 12.1 Å². The molecule has 0 radical (unpaired) electrons. The fourth-order valence-electron chi connectivity index (χ4n) is 1.86. The average molecular weight is 286 g/mol. The molecule has 0 heterocycles. The standard InChI is InChI=1S/C14H10N2O5/c15-14(19)10-4-2-1-3-9(10)13(18)8-5-6-12(17)11(7-8)16(20)21/h1-7,17H,(H2,15,19). The van der Waals surface area contributed by atoms with Crippen LogP contribution >= 0.6 is 0 Å². The summed E-state index contributed by atoms with van der Waals surface area (Å²) in [4.78, 5) is 33.6. The van der Waals surface area contributed by atoms with Crippen LogP contribution in [0.15, 0.2) is 42.5 Å². The monoisotopic (exact) mass is 286 g/mol. The van der Waals surface area contributed by atoms with E-state index >= 15 is 0 Å². The number of hydrogen-bond acceptors (Lipinski definition) is 5. The van der Waals surface area contributed by atoms with Crippen molar-refractivity contribution in [3.8, 4) is 5.75 Å². The Bertz CT molecular complexity index is 755. The molecule has 0 saturated carbocycles. The van der Waals surface area contributed by atoms with E-state index in [1.165, 1.54) is 18.2 Å². The van der Waals surface area contributed by atoms with Gasteiger partial charge in [-0.25, -0.2) is 0 Å². The second-order valence-corrected chi connectivity index (χ2v) is 4.20. The Balaban J connectivity index is 2.53. The molecule has 0 aliphatic heterocycles. The van der Waals surface area contributed by atoms with Gasteiger partial charge in [-0.1, -0.05) is 18.2 Å². The molecule has 21 heavy (non-hydrogen) atoms. The van der Waals surface area contributed by atoms with Crippen LogP contribution in [0.3, 0.4) is 0 Å². The second-order valence-electron chi connectivity index (χ2n) is 4.20. The molecule has 106 valence electrons. The Morgan fingerprint density at radius 2 is 1.71 bits per heavy atom. The number of aromatic hydroxyl groups is 1. The van der Waals surface area contributed by atoms with Gasteiger partial charge >= 0.3 is 5.69 Å². The van der Waals surface area contributed by atoms with E-state index in [-0.39, 0.29) is 16.7 Å². The van der Waals surface area contributed by atoms with E-state index in [2.05, 4.69) is 0 Å². The molecule has 0 fully saturated rings. The third kappa shape index (κ3) is 2.71. The summed E-state index contributed by atoms with van der Waals surface area (Å²) in [5.74, 6) is -1.90. The highest BCUT2D eigenvalue weighted by molar-refractivity contribution is 6.15. The number of nitrogens with zero attached hydrogens (tertiary/aromatic N) is 1. The number of nitrogens with two attached hydrogens (primary N) is 1. The first kappa shape index (κ1) is 14.2. The van der Waals surface area contributed by atoms with Crippen molar-refractivity contribution in [2.45, 2.75) is 0 Å². The predicted molar refractivity (Wildman–Crippen MR) is 73.2 cm³/mol. The van der Waals surface area contributed by atoms with Gasteiger partial charge in [0.2, 0.25) is 5.91 Å². The topological polar surface area (TPSA) is 124 Å². The molecule has 3 N–H and O–H groups in total. The lowest BCUT2D eigenvalue weighted by molar-refractivity contribution is -0.385. The van der Waals surface area contributed by atoms with Gasteiger partial charge in [0.05, 0.1) is 10.5 Å². The molecule has 1 amide bonds. The highest BCUT2D eigenvalue weighted by Gasteiger charge is 2.20. The first-order chi connectivity index (χ1) is 9.91. The largest absolute Gasteiger partial charge is 0.502 e. The van der Waals surface area contributed by atoms with E-state index in [4.69, 9.17) is 5.73 Å². The molecule has 0 saturated heterocycles. The van der Waals surface area contributed by atoms with Crippen LogP contribution in [0, 0.1) is 10.1 Å². The highest BCUT2D eigenvalue weighted by Crippen LogP contribution is 2.27. The van der Waals surface area contributed by atoms with Gasteiger partial charge in [-0.3, -0.25) is 19.7 Å². The summed E-state index contributed by atoms with van der Waals surface area (Å²) in [7, 11) is 0. The minimum Gasteiger partial charge on any atom is -0.502 e. The number of phenols is 1. The Morgan fingerprint density at radius 3 is 2.29 bits per heavy atom. The second kappa shape index (κ2) is 5.41. The number of benzene rings is 2. The lowest BCUT2D eigenvalue weighted by Crippen LogP contribution is -2.16. The molecule has 2 aromatic rings. The maximum atomic E-state index is 12.3. The summed E-state index contributed by atoms with van der Waals surface area (Å²) in [5.41, 5.74) is 4.66. The third-order valence-electron chi connectivity index (χ3n) is 2.87. The number of carbonyl (C=O) groups excluding carboxylic acids is 2. The SMILES string of the molecule is NC(=O)c1ccccc1C(=O)c1ccc(O)c([N+](=O)[O-])c1. The maximum absolute atomic E-state index is 12.3. The molecule has 0 aliphatic rings. The summed E-state index contributed by atoms with van der Waals surface area (Å²) in [6.07, 6.45) is 0. The number of primary amides is 1. The number of amides is 1. The van der Waals surface area contributed by atoms with E-state index in [0.29, 0.717) is 0 Å². The van der Waals surface area contributed by atoms with Crippen LogP contribution < -0.4 is 5.73 Å². The number of nitro benzene ring substituents is 1. The zero-order chi connectivity index (χ0) is 15.6. The molecule has 7 nitrogen and oxygen atoms in total. The average Bonchev–Trinajstić information content (AvgIpc) is 2.46. The normalized spacial score (nSPS) is 10.1. The molecule has 0 aliphatic carbocycles. The summed E-state index contributed by atoms with van der Waals surface area (Å²) in [5, 5.41) is 20.1. The maximum Gasteiger partial charge on any atom is 0.311 e. The molecule has 2 rings (SSSR count). The van der Waals surface area contributed by atoms with Crippen LogP contribution in [0.2, 0.25) is 0 Å². The molecule has 2 aromatic carbocycles. The number of ketones is 1. The minimum absolute atomic E-state index is 0.0202. The first-order valence-corrected chi connectivity index (χ1v) is 5.82. The van der Waals surface area contributed by atoms with Gasteiger partial charge < -0.3 is 10.8 Å². The number of nitro groups is 1. The van der Waals surface area contributed by atoms with Crippen molar-refractivity contribution in [2.75, 3.05) is 0 Å². The summed E-state index contributed by atoms with van der Waals surface area (Å²) < 4.78 is 0. The number of hydrogen-bond donors (Lipinski definition) is 2. The molecule has 0 unspecified atom stereocenters. The first-order valence-electron chi connectivity index (χ1n) is 5.82. The molecule has 0 bridgehead atoms. The van der Waals surface area contributed by atoms with Crippen LogP contribution in [-0.2, 0) is 0 Å². The minimum atomic E-state index is -0.800. The quantitative estimate of drug-likeness (QED) is 0.502. The lowest BCUT2D eigenvalue weighted by atomic mass is 9.97. The van der Waals surface area contributed by atoms with Gasteiger partial charge in [-0.05, 0) is 18.2 Å². The van der Waals surface area contributed by atoms with E-state index < -0.39 is 28.1 Å². The van der Waals surface area contributed by atoms with Gasteiger partial charge in [-0.15, -0.1) is 0 Å². The van der Waals surface area contributed by atoms with Crippen LogP contribution in [0.1, 0.15) is 26.3 Å². The Hall–Kier alpha value is -3.22. The van der Waals surface area contributed by atoms with Gasteiger partial charge in [0.1, 0.15) is 0 Å². The Morgan fingerprint density at radius 1 is 1.10 bits per heavy atom. The van der Waals surface area contributed by atoms with E-state index in [9.17, 15) is 24.8 Å². The zero-order valence-electron chi connectivity index (χ0n) is 10.6. The van der Waals surface area contributed by atoms with Crippen molar-refractivity contribution in [3.63, 3.8) is 0 Å². The molecular formula is C14H10N2O5. The summed E-state index contributed by atoms with van der Waals surface area (Å²) in [6.45, 7) is 0. The van der Waals surface area contributed by atoms with Crippen LogP contribution in [-0.4, -0.2) is 21.7 Å². The Labute approximate surface area is 118 Å². The van der Waals surface area contributed by atoms with Gasteiger partial charge in [0, 0.05) is 17.2 Å². The molecule has 0 aromatic heterocycles.